The molecule has 0 bridgehead atoms. The Balaban J connectivity index is 4.58. The van der Waals surface area contributed by atoms with E-state index in [0.717, 1.165) is 193 Å². The van der Waals surface area contributed by atoms with Crippen LogP contribution < -0.4 is 0 Å². The summed E-state index contributed by atoms with van der Waals surface area (Å²) >= 11 is 0. The lowest BCUT2D eigenvalue weighted by Gasteiger charge is -2.21. The van der Waals surface area contributed by atoms with Gasteiger partial charge < -0.3 is 34.2 Å². The van der Waals surface area contributed by atoms with E-state index >= 15 is 0 Å². The Labute approximate surface area is 625 Å². The Morgan fingerprint density at radius 2 is 0.515 bits per heavy atom. The fraction of sp³-hybridized carbons (Fsp3) is 0.659. The van der Waals surface area contributed by atoms with Crippen molar-refractivity contribution in [1.82, 2.24) is 0 Å². The van der Waals surface area contributed by atoms with Crippen LogP contribution in [0.5, 0.6) is 0 Å². The summed E-state index contributed by atoms with van der Waals surface area (Å²) in [5.41, 5.74) is 0. The largest absolute Gasteiger partial charge is 0.472 e. The average molecular weight is 1480 g/mol. The van der Waals surface area contributed by atoms with Crippen molar-refractivity contribution in [1.29, 1.82) is 0 Å². The van der Waals surface area contributed by atoms with Gasteiger partial charge in [-0.2, -0.15) is 0 Å². The molecule has 16 nitrogen and oxygen atoms in total. The lowest BCUT2D eigenvalue weighted by Crippen LogP contribution is -2.30. The van der Waals surface area contributed by atoms with Gasteiger partial charge in [-0.15, -0.1) is 0 Å². The molecule has 0 amide bonds. The van der Waals surface area contributed by atoms with Gasteiger partial charge in [0.2, 0.25) is 0 Å². The summed E-state index contributed by atoms with van der Waals surface area (Å²) in [6, 6.07) is 0. The van der Waals surface area contributed by atoms with Crippen LogP contribution in [0.15, 0.2) is 158 Å². The third-order valence-corrected chi connectivity index (χ3v) is 18.1. The minimum absolute atomic E-state index is 0.0818. The summed E-state index contributed by atoms with van der Waals surface area (Å²) in [5, 5.41) is 20.6. The zero-order valence-electron chi connectivity index (χ0n) is 64.2. The molecule has 0 aromatic heterocycles. The van der Waals surface area contributed by atoms with E-state index in [0.29, 0.717) is 19.3 Å². The van der Waals surface area contributed by atoms with Gasteiger partial charge in [0.15, 0.2) is 6.10 Å². The second kappa shape index (κ2) is 76.8. The highest BCUT2D eigenvalue weighted by atomic mass is 31.2. The zero-order chi connectivity index (χ0) is 75.2. The van der Waals surface area contributed by atoms with E-state index in [4.69, 9.17) is 32.3 Å². The molecule has 18 heteroatoms. The number of carbonyl (C=O) groups is 3. The smallest absolute Gasteiger partial charge is 0.463 e. The van der Waals surface area contributed by atoms with Gasteiger partial charge in [-0.25, -0.2) is 9.13 Å². The first-order chi connectivity index (χ1) is 50.2. The molecule has 0 saturated carbocycles. The molecule has 4 N–H and O–H groups in total. The summed E-state index contributed by atoms with van der Waals surface area (Å²) in [4.78, 5) is 58.7. The van der Waals surface area contributed by atoms with E-state index in [1.807, 2.05) is 0 Å². The van der Waals surface area contributed by atoms with Crippen LogP contribution in [-0.2, 0) is 55.8 Å². The third-order valence-electron chi connectivity index (χ3n) is 16.2. The lowest BCUT2D eigenvalue weighted by molar-refractivity contribution is -0.161. The van der Waals surface area contributed by atoms with Gasteiger partial charge in [0.05, 0.1) is 26.4 Å². The fourth-order valence-electron chi connectivity index (χ4n) is 10.2. The Morgan fingerprint density at radius 1 is 0.282 bits per heavy atom. The highest BCUT2D eigenvalue weighted by Gasteiger charge is 2.29. The molecule has 5 atom stereocenters. The zero-order valence-corrected chi connectivity index (χ0v) is 66.0. The maximum atomic E-state index is 13.0. The first-order valence-electron chi connectivity index (χ1n) is 39.8. The molecular weight excluding hydrogens is 1340 g/mol. The van der Waals surface area contributed by atoms with Crippen LogP contribution in [0.3, 0.4) is 0 Å². The molecule has 0 spiro atoms. The summed E-state index contributed by atoms with van der Waals surface area (Å²) < 4.78 is 61.1. The molecule has 0 rings (SSSR count). The van der Waals surface area contributed by atoms with Crippen LogP contribution in [0.1, 0.15) is 303 Å². The molecule has 0 radical (unpaired) electrons. The summed E-state index contributed by atoms with van der Waals surface area (Å²) in [5.74, 6) is -1.61. The van der Waals surface area contributed by atoms with E-state index in [2.05, 4.69) is 179 Å². The van der Waals surface area contributed by atoms with Gasteiger partial charge in [0.1, 0.15) is 25.4 Å². The highest BCUT2D eigenvalue weighted by Crippen LogP contribution is 2.45. The Bertz CT molecular complexity index is 2500. The van der Waals surface area contributed by atoms with E-state index in [1.54, 1.807) is 0 Å². The molecule has 0 fully saturated rings. The maximum Gasteiger partial charge on any atom is 0.472 e. The number of carbonyl (C=O) groups excluding carboxylic acids is 3. The fourth-order valence-corrected chi connectivity index (χ4v) is 11.8. The molecule has 0 heterocycles. The summed E-state index contributed by atoms with van der Waals surface area (Å²) in [6.45, 7) is 2.39. The Kier molecular flexibility index (Phi) is 73.2. The van der Waals surface area contributed by atoms with Crippen LogP contribution in [0.25, 0.3) is 0 Å². The Morgan fingerprint density at radius 3 is 0.816 bits per heavy atom. The van der Waals surface area contributed by atoms with E-state index in [9.17, 15) is 43.5 Å². The lowest BCUT2D eigenvalue weighted by atomic mass is 10.1. The third kappa shape index (κ3) is 78.1. The van der Waals surface area contributed by atoms with Gasteiger partial charge in [-0.1, -0.05) is 294 Å². The molecule has 0 aliphatic rings. The summed E-state index contributed by atoms with van der Waals surface area (Å²) in [6.07, 6.45) is 95.7. The van der Waals surface area contributed by atoms with Crippen LogP contribution in [-0.4, -0.2) is 95.9 Å². The normalized spacial score (nSPS) is 14.8. The number of ether oxygens (including phenoxy) is 3. The number of esters is 3. The van der Waals surface area contributed by atoms with E-state index in [-0.39, 0.29) is 19.3 Å². The topological polar surface area (TPSA) is 231 Å². The number of aliphatic hydroxyl groups is 2. The van der Waals surface area contributed by atoms with Crippen molar-refractivity contribution in [3.8, 4) is 0 Å². The van der Waals surface area contributed by atoms with E-state index in [1.165, 1.54) is 51.4 Å². The summed E-state index contributed by atoms with van der Waals surface area (Å²) in [7, 11) is -9.81. The van der Waals surface area contributed by atoms with Crippen molar-refractivity contribution in [3.05, 3.63) is 158 Å². The second-order valence-corrected chi connectivity index (χ2v) is 29.0. The van der Waals surface area contributed by atoms with Gasteiger partial charge in [-0.3, -0.25) is 32.5 Å². The Hall–Kier alpha value is -4.83. The van der Waals surface area contributed by atoms with Crippen molar-refractivity contribution < 1.29 is 75.8 Å². The SMILES string of the molecule is CC/C=C\C/C=C\C/C=C\C/C=C\C/C=C\C/C=C\CCCCCCCCCCCCC(=O)OCC(O)COP(=O)(O)OCC(O)COP(=O)(O)OCC(COC(=O)CCCCCCCCC/C=C\C/C=C\C/C=C\C/C=C\C/C=C\CC)OC(=O)CCCCCCC/C=C\C/C=C\CCCCC. The molecule has 588 valence electrons. The molecule has 0 aromatic carbocycles. The maximum absolute atomic E-state index is 13.0. The van der Waals surface area contributed by atoms with Crippen LogP contribution in [0.2, 0.25) is 0 Å². The van der Waals surface area contributed by atoms with Crippen molar-refractivity contribution in [3.63, 3.8) is 0 Å². The predicted molar refractivity (Wildman–Crippen MR) is 426 cm³/mol. The minimum Gasteiger partial charge on any atom is -0.463 e. The highest BCUT2D eigenvalue weighted by molar-refractivity contribution is 7.47. The standard InChI is InChI=1S/C85H142O16P2/c1-4-7-10-13-16-19-22-25-28-30-32-34-36-37-38-39-40-41-43-45-46-48-51-53-56-59-62-65-68-71-83(88)95-74-80(86)75-97-102(91,92)98-76-81(87)77-99-103(93,94)100-79-82(101-85(90)73-70-67-64-61-58-55-50-27-24-21-18-15-12-9-6-3)78-96-84(89)72-69-66-63-60-57-54-52-49-47-44-42-35-33-31-29-26-23-20-17-14-11-8-5-2/h7-8,10-11,16-21,25-29,32-35,37-38,40-41,44,47,50,80-82,86-87H,4-6,9,12-15,22-24,30-31,36,39,42-43,45-46,48-49,51-79H2,1-3H3,(H,91,92)(H,93,94)/b10-7-,11-8-,19-16-,20-17-,21-18-,28-25-,29-26-,34-32-,35-33-,38-37-,41-40-,47-44-,50-27-. The first kappa shape index (κ1) is 98.2. The van der Waals surface area contributed by atoms with Crippen molar-refractivity contribution in [2.45, 2.75) is 322 Å². The van der Waals surface area contributed by atoms with Gasteiger partial charge in [0.25, 0.3) is 0 Å². The second-order valence-electron chi connectivity index (χ2n) is 26.1. The van der Waals surface area contributed by atoms with Crippen LogP contribution in [0, 0.1) is 0 Å². The minimum atomic E-state index is -4.94. The molecule has 0 aliphatic heterocycles. The van der Waals surface area contributed by atoms with Crippen LogP contribution in [0.4, 0.5) is 0 Å². The molecule has 103 heavy (non-hydrogen) atoms. The average Bonchev–Trinajstić information content (AvgIpc) is 0.915. The first-order valence-corrected chi connectivity index (χ1v) is 42.8. The van der Waals surface area contributed by atoms with Gasteiger partial charge >= 0.3 is 33.6 Å². The number of hydrogen-bond donors (Lipinski definition) is 4. The molecular formula is C85H142O16P2. The van der Waals surface area contributed by atoms with Gasteiger partial charge in [-0.05, 0) is 148 Å². The quantitative estimate of drug-likeness (QED) is 0.0146. The molecule has 0 aromatic rings. The predicted octanol–water partition coefficient (Wildman–Crippen LogP) is 23.4. The van der Waals surface area contributed by atoms with Crippen molar-refractivity contribution in [2.75, 3.05) is 39.6 Å². The number of phosphoric ester groups is 2. The number of allylic oxidation sites excluding steroid dienone is 26. The molecule has 0 aliphatic carbocycles. The molecule has 0 saturated heterocycles. The van der Waals surface area contributed by atoms with E-state index < -0.39 is 91.5 Å². The molecule has 5 unspecified atom stereocenters. The monoisotopic (exact) mass is 1480 g/mol. The van der Waals surface area contributed by atoms with Crippen molar-refractivity contribution >= 4 is 33.6 Å². The van der Waals surface area contributed by atoms with Crippen LogP contribution >= 0.6 is 15.6 Å². The number of phosphoric acid groups is 2. The van der Waals surface area contributed by atoms with Crippen molar-refractivity contribution in [2.24, 2.45) is 0 Å². The number of rotatable bonds is 74. The number of hydrogen-bond acceptors (Lipinski definition) is 14. The van der Waals surface area contributed by atoms with Gasteiger partial charge in [0, 0.05) is 19.3 Å². The number of aliphatic hydroxyl groups excluding tert-OH is 2. The number of unbranched alkanes of at least 4 members (excludes halogenated alkanes) is 25.